The van der Waals surface area contributed by atoms with Gasteiger partial charge >= 0.3 is 5.97 Å². The Balaban J connectivity index is 2.22. The first-order valence-electron chi connectivity index (χ1n) is 5.94. The van der Waals surface area contributed by atoms with Crippen LogP contribution in [-0.2, 0) is 4.74 Å². The molecule has 0 fully saturated rings. The Labute approximate surface area is 130 Å². The third kappa shape index (κ3) is 3.40. The summed E-state index contributed by atoms with van der Waals surface area (Å²) in [6, 6.07) is 4.38. The van der Waals surface area contributed by atoms with Gasteiger partial charge in [0.25, 0.3) is 0 Å². The number of nitrogens with one attached hydrogen (secondary N) is 1. The van der Waals surface area contributed by atoms with Gasteiger partial charge in [0.15, 0.2) is 0 Å². The summed E-state index contributed by atoms with van der Waals surface area (Å²) in [4.78, 5) is 12.0. The fraction of sp³-hybridized carbons (Fsp3) is 0.143. The van der Waals surface area contributed by atoms with Gasteiger partial charge in [-0.15, -0.1) is 11.3 Å². The summed E-state index contributed by atoms with van der Waals surface area (Å²) in [5.41, 5.74) is 4.30. The molecule has 21 heavy (non-hydrogen) atoms. The van der Waals surface area contributed by atoms with Gasteiger partial charge in [-0.3, -0.25) is 5.43 Å². The normalized spacial score (nSPS) is 10.9. The Bertz CT molecular complexity index is 680. The minimum Gasteiger partial charge on any atom is -0.465 e. The molecule has 0 radical (unpaired) electrons. The number of carbonyl (C=O) groups is 1. The second-order valence-corrected chi connectivity index (χ2v) is 5.41. The van der Waals surface area contributed by atoms with Crippen LogP contribution < -0.4 is 5.43 Å². The predicted octanol–water partition coefficient (Wildman–Crippen LogP) is 4.08. The third-order valence-corrected chi connectivity index (χ3v) is 4.12. The first-order valence-corrected chi connectivity index (χ1v) is 7.20. The van der Waals surface area contributed by atoms with Gasteiger partial charge < -0.3 is 4.74 Å². The summed E-state index contributed by atoms with van der Waals surface area (Å²) >= 11 is 7.14. The van der Waals surface area contributed by atoms with E-state index in [0.717, 1.165) is 5.56 Å². The summed E-state index contributed by atoms with van der Waals surface area (Å²) in [6.45, 7) is 1.83. The highest BCUT2D eigenvalue weighted by Gasteiger charge is 2.16. The van der Waals surface area contributed by atoms with Crippen LogP contribution in [0.1, 0.15) is 20.8 Å². The van der Waals surface area contributed by atoms with Crippen LogP contribution in [0.5, 0.6) is 0 Å². The monoisotopic (exact) mass is 326 g/mol. The molecule has 0 spiro atoms. The molecule has 0 unspecified atom stereocenters. The number of hydrazone groups is 1. The minimum atomic E-state index is -0.469. The molecule has 1 aromatic carbocycles. The number of carbonyl (C=O) groups excluding carboxylic acids is 1. The fourth-order valence-corrected chi connectivity index (χ4v) is 2.75. The van der Waals surface area contributed by atoms with Crippen LogP contribution in [0.4, 0.5) is 10.1 Å². The maximum Gasteiger partial charge on any atom is 0.350 e. The van der Waals surface area contributed by atoms with E-state index in [-0.39, 0.29) is 10.6 Å². The van der Waals surface area contributed by atoms with Crippen molar-refractivity contribution in [3.8, 4) is 0 Å². The molecule has 1 heterocycles. The van der Waals surface area contributed by atoms with Crippen LogP contribution in [0, 0.1) is 12.7 Å². The van der Waals surface area contributed by atoms with Crippen molar-refractivity contribution < 1.29 is 13.9 Å². The van der Waals surface area contributed by atoms with Crippen molar-refractivity contribution in [1.29, 1.82) is 0 Å². The molecule has 0 amide bonds. The van der Waals surface area contributed by atoms with Crippen molar-refractivity contribution in [2.75, 3.05) is 12.5 Å². The Kier molecular flexibility index (Phi) is 4.93. The van der Waals surface area contributed by atoms with E-state index < -0.39 is 11.8 Å². The van der Waals surface area contributed by atoms with E-state index in [0.29, 0.717) is 10.6 Å². The van der Waals surface area contributed by atoms with E-state index in [1.54, 1.807) is 11.4 Å². The summed E-state index contributed by atoms with van der Waals surface area (Å²) in [7, 11) is 1.31. The number of halogens is 2. The number of aryl methyl sites for hydroxylation is 1. The molecule has 7 heteroatoms. The highest BCUT2D eigenvalue weighted by Crippen LogP contribution is 2.28. The molecule has 0 bridgehead atoms. The Morgan fingerprint density at radius 3 is 2.95 bits per heavy atom. The first-order chi connectivity index (χ1) is 10.0. The molecule has 1 N–H and O–H groups in total. The smallest absolute Gasteiger partial charge is 0.350 e. The maximum atomic E-state index is 13.6. The van der Waals surface area contributed by atoms with Crippen LogP contribution in [0.2, 0.25) is 5.02 Å². The lowest BCUT2D eigenvalue weighted by molar-refractivity contribution is 0.0607. The molecule has 0 saturated heterocycles. The number of esters is 1. The average molecular weight is 327 g/mol. The minimum absolute atomic E-state index is 0.180. The van der Waals surface area contributed by atoms with Crippen molar-refractivity contribution >= 4 is 40.8 Å². The Morgan fingerprint density at radius 2 is 2.29 bits per heavy atom. The maximum absolute atomic E-state index is 13.6. The van der Waals surface area contributed by atoms with Gasteiger partial charge in [-0.2, -0.15) is 5.10 Å². The van der Waals surface area contributed by atoms with Gasteiger partial charge in [-0.1, -0.05) is 17.7 Å². The van der Waals surface area contributed by atoms with Crippen LogP contribution in [0.25, 0.3) is 0 Å². The molecule has 0 aliphatic heterocycles. The van der Waals surface area contributed by atoms with Gasteiger partial charge in [0.05, 0.1) is 24.0 Å². The lowest BCUT2D eigenvalue weighted by atomic mass is 10.2. The van der Waals surface area contributed by atoms with Gasteiger partial charge in [-0.05, 0) is 30.0 Å². The topological polar surface area (TPSA) is 50.7 Å². The van der Waals surface area contributed by atoms with Crippen molar-refractivity contribution in [1.82, 2.24) is 0 Å². The zero-order chi connectivity index (χ0) is 15.4. The molecule has 0 aliphatic carbocycles. The van der Waals surface area contributed by atoms with E-state index in [4.69, 9.17) is 16.3 Å². The molecule has 2 aromatic rings. The lowest BCUT2D eigenvalue weighted by Crippen LogP contribution is -2.03. The second kappa shape index (κ2) is 6.69. The number of nitrogens with zero attached hydrogens (tertiary/aromatic N) is 1. The fourth-order valence-electron chi connectivity index (χ4n) is 1.62. The van der Waals surface area contributed by atoms with Crippen molar-refractivity contribution in [2.24, 2.45) is 5.10 Å². The molecular weight excluding hydrogens is 315 g/mol. The van der Waals surface area contributed by atoms with Gasteiger partial charge in [0.2, 0.25) is 0 Å². The molecular formula is C14H12ClFN2O2S. The van der Waals surface area contributed by atoms with Gasteiger partial charge in [0, 0.05) is 5.56 Å². The lowest BCUT2D eigenvalue weighted by Gasteiger charge is -2.04. The van der Waals surface area contributed by atoms with Crippen LogP contribution in [-0.4, -0.2) is 19.3 Å². The highest BCUT2D eigenvalue weighted by atomic mass is 35.5. The van der Waals surface area contributed by atoms with Crippen molar-refractivity contribution in [3.63, 3.8) is 0 Å². The number of hydrogen-bond acceptors (Lipinski definition) is 5. The molecule has 1 aromatic heterocycles. The van der Waals surface area contributed by atoms with Crippen molar-refractivity contribution in [3.05, 3.63) is 50.4 Å². The Morgan fingerprint density at radius 1 is 1.52 bits per heavy atom. The molecule has 4 nitrogen and oxygen atoms in total. The highest BCUT2D eigenvalue weighted by molar-refractivity contribution is 7.12. The quantitative estimate of drug-likeness (QED) is 0.523. The largest absolute Gasteiger partial charge is 0.465 e. The molecule has 2 rings (SSSR count). The predicted molar refractivity (Wildman–Crippen MR) is 83.0 cm³/mol. The van der Waals surface area contributed by atoms with Crippen LogP contribution in [0.15, 0.2) is 28.7 Å². The molecule has 0 saturated carbocycles. The average Bonchev–Trinajstić information content (AvgIpc) is 2.82. The summed E-state index contributed by atoms with van der Waals surface area (Å²) < 4.78 is 18.3. The van der Waals surface area contributed by atoms with E-state index in [9.17, 15) is 9.18 Å². The van der Waals surface area contributed by atoms with E-state index >= 15 is 0 Å². The zero-order valence-electron chi connectivity index (χ0n) is 11.3. The van der Waals surface area contributed by atoms with Crippen LogP contribution >= 0.6 is 22.9 Å². The SMILES string of the molecule is COC(=O)c1scc(C)c1N/N=C\c1c(F)cccc1Cl. The number of methoxy groups -OCH3 is 1. The second-order valence-electron chi connectivity index (χ2n) is 4.12. The number of ether oxygens (including phenoxy) is 1. The standard InChI is InChI=1S/C14H12ClFN2O2S/c1-8-7-21-13(14(19)20-2)12(8)18-17-6-9-10(15)4-3-5-11(9)16/h3-7,18H,1-2H3/b17-6-. The summed E-state index contributed by atoms with van der Waals surface area (Å²) in [5.74, 6) is -0.919. The number of rotatable bonds is 4. The summed E-state index contributed by atoms with van der Waals surface area (Å²) in [6.07, 6.45) is 1.27. The molecule has 0 atom stereocenters. The molecule has 0 aliphatic rings. The number of benzene rings is 1. The zero-order valence-corrected chi connectivity index (χ0v) is 12.9. The number of thiophene rings is 1. The van der Waals surface area contributed by atoms with Gasteiger partial charge in [0.1, 0.15) is 10.7 Å². The van der Waals surface area contributed by atoms with Crippen molar-refractivity contribution in [2.45, 2.75) is 6.92 Å². The number of anilines is 1. The van der Waals surface area contributed by atoms with E-state index in [2.05, 4.69) is 10.5 Å². The van der Waals surface area contributed by atoms with E-state index in [1.807, 2.05) is 6.92 Å². The third-order valence-electron chi connectivity index (χ3n) is 2.72. The van der Waals surface area contributed by atoms with E-state index in [1.165, 1.54) is 36.8 Å². The first kappa shape index (κ1) is 15.5. The number of hydrogen-bond donors (Lipinski definition) is 1. The van der Waals surface area contributed by atoms with Crippen LogP contribution in [0.3, 0.4) is 0 Å². The van der Waals surface area contributed by atoms with Gasteiger partial charge in [-0.25, -0.2) is 9.18 Å². The Hall–Kier alpha value is -1.92. The summed E-state index contributed by atoms with van der Waals surface area (Å²) in [5, 5.41) is 6.01. The molecule has 110 valence electrons.